The molecular formula is C29H44O2. The van der Waals surface area contributed by atoms with E-state index in [4.69, 9.17) is 9.47 Å². The maximum atomic E-state index is 6.47. The molecule has 0 saturated heterocycles. The Morgan fingerprint density at radius 1 is 0.871 bits per heavy atom. The lowest BCUT2D eigenvalue weighted by molar-refractivity contribution is 0.163. The van der Waals surface area contributed by atoms with Crippen LogP contribution in [0.1, 0.15) is 94.9 Å². The fraction of sp³-hybridized carbons (Fsp3) is 0.586. The first-order valence-corrected chi connectivity index (χ1v) is 12.0. The summed E-state index contributed by atoms with van der Waals surface area (Å²) in [7, 11) is 1.77. The van der Waals surface area contributed by atoms with E-state index in [9.17, 15) is 0 Å². The van der Waals surface area contributed by atoms with E-state index < -0.39 is 0 Å². The van der Waals surface area contributed by atoms with Gasteiger partial charge in [-0.2, -0.15) is 0 Å². The van der Waals surface area contributed by atoms with Crippen LogP contribution in [0.2, 0.25) is 0 Å². The standard InChI is InChI=1S/C29H44O2/c1-20(2)12-9-13-21(3)14-10-15-22(4)16-11-17-26-18-19-27-25(7)28(30-8)23(5)24(6)29(27)31-26/h12,14,16,26H,9-11,13,15,17-19H2,1-8H3/b21-14+,22-16+. The second-order valence-electron chi connectivity index (χ2n) is 9.53. The molecule has 0 radical (unpaired) electrons. The summed E-state index contributed by atoms with van der Waals surface area (Å²) < 4.78 is 12.1. The van der Waals surface area contributed by atoms with Crippen molar-refractivity contribution >= 4 is 0 Å². The zero-order valence-corrected chi connectivity index (χ0v) is 21.3. The van der Waals surface area contributed by atoms with Crippen LogP contribution in [0.5, 0.6) is 11.5 Å². The highest BCUT2D eigenvalue weighted by Crippen LogP contribution is 2.41. The maximum Gasteiger partial charge on any atom is 0.126 e. The maximum absolute atomic E-state index is 6.47. The van der Waals surface area contributed by atoms with Crippen LogP contribution in [0, 0.1) is 20.8 Å². The quantitative estimate of drug-likeness (QED) is 0.350. The van der Waals surface area contributed by atoms with Crippen molar-refractivity contribution in [1.82, 2.24) is 0 Å². The third-order valence-corrected chi connectivity index (χ3v) is 6.62. The zero-order valence-electron chi connectivity index (χ0n) is 21.3. The molecule has 0 amide bonds. The number of hydrogen-bond acceptors (Lipinski definition) is 2. The minimum absolute atomic E-state index is 0.319. The van der Waals surface area contributed by atoms with E-state index in [-0.39, 0.29) is 0 Å². The number of methoxy groups -OCH3 is 1. The van der Waals surface area contributed by atoms with Crippen LogP contribution in [0.15, 0.2) is 34.9 Å². The molecule has 2 nitrogen and oxygen atoms in total. The van der Waals surface area contributed by atoms with E-state index in [2.05, 4.69) is 66.7 Å². The summed E-state index contributed by atoms with van der Waals surface area (Å²) in [6, 6.07) is 0. The van der Waals surface area contributed by atoms with Crippen molar-refractivity contribution in [1.29, 1.82) is 0 Å². The van der Waals surface area contributed by atoms with Gasteiger partial charge in [0.25, 0.3) is 0 Å². The van der Waals surface area contributed by atoms with Crippen molar-refractivity contribution in [2.45, 2.75) is 106 Å². The largest absolute Gasteiger partial charge is 0.496 e. The Kier molecular flexibility index (Phi) is 9.93. The van der Waals surface area contributed by atoms with Crippen LogP contribution in [0.25, 0.3) is 0 Å². The van der Waals surface area contributed by atoms with Gasteiger partial charge in [-0.15, -0.1) is 0 Å². The third kappa shape index (κ3) is 7.30. The van der Waals surface area contributed by atoms with Crippen molar-refractivity contribution in [3.63, 3.8) is 0 Å². The van der Waals surface area contributed by atoms with Gasteiger partial charge in [0.2, 0.25) is 0 Å². The van der Waals surface area contributed by atoms with Gasteiger partial charge in [-0.1, -0.05) is 34.9 Å². The molecule has 1 unspecified atom stereocenters. The third-order valence-electron chi connectivity index (χ3n) is 6.62. The molecule has 0 aliphatic carbocycles. The van der Waals surface area contributed by atoms with Gasteiger partial charge in [0.1, 0.15) is 11.5 Å². The minimum Gasteiger partial charge on any atom is -0.496 e. The molecule has 1 aliphatic rings. The van der Waals surface area contributed by atoms with Gasteiger partial charge in [0.15, 0.2) is 0 Å². The molecule has 0 spiro atoms. The lowest BCUT2D eigenvalue weighted by Crippen LogP contribution is -2.24. The first-order valence-electron chi connectivity index (χ1n) is 12.0. The molecule has 1 aromatic carbocycles. The molecule has 0 N–H and O–H groups in total. The number of benzene rings is 1. The van der Waals surface area contributed by atoms with E-state index >= 15 is 0 Å². The first kappa shape index (κ1) is 25.3. The van der Waals surface area contributed by atoms with E-state index in [0.717, 1.165) is 56.4 Å². The Balaban J connectivity index is 1.83. The Hall–Kier alpha value is -1.96. The monoisotopic (exact) mass is 424 g/mol. The van der Waals surface area contributed by atoms with Crippen molar-refractivity contribution < 1.29 is 9.47 Å². The number of allylic oxidation sites excluding steroid dienone is 6. The highest BCUT2D eigenvalue weighted by atomic mass is 16.5. The Labute approximate surface area is 191 Å². The molecule has 2 rings (SSSR count). The number of fused-ring (bicyclic) bond motifs is 1. The molecule has 1 aromatic rings. The van der Waals surface area contributed by atoms with E-state index in [1.807, 2.05) is 0 Å². The zero-order chi connectivity index (χ0) is 23.0. The molecule has 0 aromatic heterocycles. The predicted molar refractivity (Wildman–Crippen MR) is 135 cm³/mol. The molecule has 0 saturated carbocycles. The Morgan fingerprint density at radius 3 is 2.10 bits per heavy atom. The lowest BCUT2D eigenvalue weighted by atomic mass is 9.90. The van der Waals surface area contributed by atoms with Crippen LogP contribution in [0.4, 0.5) is 0 Å². The van der Waals surface area contributed by atoms with Gasteiger partial charge < -0.3 is 9.47 Å². The summed E-state index contributed by atoms with van der Waals surface area (Å²) in [4.78, 5) is 0. The smallest absolute Gasteiger partial charge is 0.126 e. The Bertz CT molecular complexity index is 835. The average Bonchev–Trinajstić information content (AvgIpc) is 2.72. The number of hydrogen-bond donors (Lipinski definition) is 0. The van der Waals surface area contributed by atoms with Gasteiger partial charge in [-0.05, 0) is 117 Å². The van der Waals surface area contributed by atoms with Crippen molar-refractivity contribution in [2.75, 3.05) is 7.11 Å². The molecule has 172 valence electrons. The van der Waals surface area contributed by atoms with Crippen LogP contribution in [0.3, 0.4) is 0 Å². The van der Waals surface area contributed by atoms with Crippen LogP contribution in [-0.4, -0.2) is 13.2 Å². The second-order valence-corrected chi connectivity index (χ2v) is 9.53. The molecule has 1 heterocycles. The minimum atomic E-state index is 0.319. The predicted octanol–water partition coefficient (Wildman–Crippen LogP) is 8.51. The molecule has 31 heavy (non-hydrogen) atoms. The molecule has 0 fully saturated rings. The van der Waals surface area contributed by atoms with Gasteiger partial charge in [0.05, 0.1) is 13.2 Å². The van der Waals surface area contributed by atoms with E-state index in [0.29, 0.717) is 6.10 Å². The summed E-state index contributed by atoms with van der Waals surface area (Å²) in [5, 5.41) is 0. The highest BCUT2D eigenvalue weighted by molar-refractivity contribution is 5.58. The van der Waals surface area contributed by atoms with Crippen molar-refractivity contribution in [3.8, 4) is 11.5 Å². The topological polar surface area (TPSA) is 18.5 Å². The molecule has 1 atom stereocenters. The average molecular weight is 425 g/mol. The van der Waals surface area contributed by atoms with Crippen LogP contribution in [-0.2, 0) is 6.42 Å². The van der Waals surface area contributed by atoms with Crippen molar-refractivity contribution in [3.05, 3.63) is 57.2 Å². The lowest BCUT2D eigenvalue weighted by Gasteiger charge is -2.30. The number of rotatable bonds is 10. The second kappa shape index (κ2) is 12.2. The summed E-state index contributed by atoms with van der Waals surface area (Å²) in [5.74, 6) is 2.14. The summed E-state index contributed by atoms with van der Waals surface area (Å²) in [6.07, 6.45) is 16.5. The van der Waals surface area contributed by atoms with Gasteiger partial charge >= 0.3 is 0 Å². The summed E-state index contributed by atoms with van der Waals surface area (Å²) >= 11 is 0. The van der Waals surface area contributed by atoms with E-state index in [1.165, 1.54) is 45.4 Å². The first-order chi connectivity index (χ1) is 14.7. The molecule has 0 bridgehead atoms. The fourth-order valence-corrected chi connectivity index (χ4v) is 4.51. The van der Waals surface area contributed by atoms with Crippen LogP contribution >= 0.6 is 0 Å². The molecule has 1 aliphatic heterocycles. The fourth-order valence-electron chi connectivity index (χ4n) is 4.51. The van der Waals surface area contributed by atoms with Gasteiger partial charge in [0, 0.05) is 5.56 Å². The summed E-state index contributed by atoms with van der Waals surface area (Å²) in [6.45, 7) is 15.3. The highest BCUT2D eigenvalue weighted by Gasteiger charge is 2.26. The number of ether oxygens (including phenoxy) is 2. The van der Waals surface area contributed by atoms with Gasteiger partial charge in [-0.25, -0.2) is 0 Å². The molecular weight excluding hydrogens is 380 g/mol. The van der Waals surface area contributed by atoms with E-state index in [1.54, 1.807) is 7.11 Å². The Morgan fingerprint density at radius 2 is 1.48 bits per heavy atom. The molecule has 2 heteroatoms. The summed E-state index contributed by atoms with van der Waals surface area (Å²) in [5.41, 5.74) is 9.46. The van der Waals surface area contributed by atoms with Crippen molar-refractivity contribution in [2.24, 2.45) is 0 Å². The SMILES string of the molecule is COc1c(C)c(C)c2c(c1C)CCC(CC/C=C(\C)CC/C=C(\C)CCC=C(C)C)O2. The van der Waals surface area contributed by atoms with Crippen LogP contribution < -0.4 is 9.47 Å². The normalized spacial score (nSPS) is 16.6. The van der Waals surface area contributed by atoms with Gasteiger partial charge in [-0.3, -0.25) is 0 Å².